The molecule has 0 aliphatic carbocycles. The molecule has 0 aliphatic rings. The first-order chi connectivity index (χ1) is 16.1. The summed E-state index contributed by atoms with van der Waals surface area (Å²) in [6.07, 6.45) is -0.770. The number of rotatable bonds is 16. The van der Waals surface area contributed by atoms with Crippen LogP contribution in [0.3, 0.4) is 0 Å². The van der Waals surface area contributed by atoms with E-state index in [0.717, 1.165) is 0 Å². The average molecular weight is 502 g/mol. The van der Waals surface area contributed by atoms with Crippen molar-refractivity contribution in [3.63, 3.8) is 0 Å². The standard InChI is InChI=1S/C19H35N9O7/c1-8(2)14(28-15(31)9(20)4-3-5-25-19(23)24)17(33)26-10(6-12(21)29)16(32)27-11(18(34)35)7-13(22)30/h8-11,14H,3-7,20H2,1-2H3,(H2,21,29)(H2,22,30)(H,26,33)(H,27,32)(H,28,31)(H,34,35)(H4,23,24,25). The molecule has 0 saturated carbocycles. The van der Waals surface area contributed by atoms with Crippen molar-refractivity contribution in [3.05, 3.63) is 0 Å². The molecule has 0 spiro atoms. The molecule has 0 heterocycles. The first kappa shape index (κ1) is 31.0. The number of carboxylic acid groups (broad SMARTS) is 1. The summed E-state index contributed by atoms with van der Waals surface area (Å²) in [4.78, 5) is 75.3. The molecule has 16 heteroatoms. The van der Waals surface area contributed by atoms with Crippen molar-refractivity contribution in [2.24, 2.45) is 39.6 Å². The Morgan fingerprint density at radius 2 is 1.31 bits per heavy atom. The number of amides is 5. The van der Waals surface area contributed by atoms with Crippen molar-refractivity contribution in [2.75, 3.05) is 6.54 Å². The molecule has 4 atom stereocenters. The largest absolute Gasteiger partial charge is 0.480 e. The summed E-state index contributed by atoms with van der Waals surface area (Å²) in [7, 11) is 0. The summed E-state index contributed by atoms with van der Waals surface area (Å²) in [6.45, 7) is 3.49. The summed E-state index contributed by atoms with van der Waals surface area (Å²) < 4.78 is 0. The van der Waals surface area contributed by atoms with Gasteiger partial charge in [0.2, 0.25) is 29.5 Å². The van der Waals surface area contributed by atoms with E-state index in [4.69, 9.17) is 33.8 Å². The molecule has 0 saturated heterocycles. The summed E-state index contributed by atoms with van der Waals surface area (Å²) >= 11 is 0. The predicted molar refractivity (Wildman–Crippen MR) is 124 cm³/mol. The lowest BCUT2D eigenvalue weighted by Crippen LogP contribution is -2.59. The molecular weight excluding hydrogens is 466 g/mol. The third-order valence-corrected chi connectivity index (χ3v) is 4.61. The molecule has 0 aromatic heterocycles. The van der Waals surface area contributed by atoms with E-state index in [2.05, 4.69) is 15.6 Å². The number of aliphatic imine (C=N–C) groups is 1. The molecule has 0 aromatic rings. The number of primary amides is 2. The Bertz CT molecular complexity index is 827. The van der Waals surface area contributed by atoms with Gasteiger partial charge in [-0.1, -0.05) is 13.8 Å². The summed E-state index contributed by atoms with van der Waals surface area (Å²) in [5, 5.41) is 15.9. The van der Waals surface area contributed by atoms with Crippen LogP contribution in [0.1, 0.15) is 39.5 Å². The number of carbonyl (C=O) groups is 6. The van der Waals surface area contributed by atoms with Gasteiger partial charge < -0.3 is 49.7 Å². The molecule has 14 N–H and O–H groups in total. The highest BCUT2D eigenvalue weighted by Crippen LogP contribution is 2.06. The molecule has 16 nitrogen and oxygen atoms in total. The van der Waals surface area contributed by atoms with Gasteiger partial charge >= 0.3 is 5.97 Å². The Balaban J connectivity index is 5.35. The van der Waals surface area contributed by atoms with E-state index < -0.39 is 78.4 Å². The smallest absolute Gasteiger partial charge is 0.326 e. The first-order valence-electron chi connectivity index (χ1n) is 10.7. The Kier molecular flexibility index (Phi) is 13.4. The van der Waals surface area contributed by atoms with Crippen LogP contribution in [0.5, 0.6) is 0 Å². The van der Waals surface area contributed by atoms with Gasteiger partial charge in [-0.2, -0.15) is 0 Å². The zero-order valence-electron chi connectivity index (χ0n) is 19.7. The minimum absolute atomic E-state index is 0.0987. The highest BCUT2D eigenvalue weighted by molar-refractivity contribution is 5.96. The Hall–Kier alpha value is -3.95. The molecule has 198 valence electrons. The lowest BCUT2D eigenvalue weighted by Gasteiger charge is -2.26. The van der Waals surface area contributed by atoms with E-state index in [1.807, 2.05) is 5.32 Å². The van der Waals surface area contributed by atoms with E-state index in [1.54, 1.807) is 13.8 Å². The second-order valence-corrected chi connectivity index (χ2v) is 8.09. The zero-order chi connectivity index (χ0) is 27.3. The van der Waals surface area contributed by atoms with Gasteiger partial charge in [0.25, 0.3) is 0 Å². The van der Waals surface area contributed by atoms with Gasteiger partial charge in [-0.15, -0.1) is 0 Å². The molecule has 0 rings (SSSR count). The average Bonchev–Trinajstić information content (AvgIpc) is 2.72. The monoisotopic (exact) mass is 501 g/mol. The van der Waals surface area contributed by atoms with Gasteiger partial charge in [-0.3, -0.25) is 29.0 Å². The number of nitrogens with one attached hydrogen (secondary N) is 3. The van der Waals surface area contributed by atoms with Crippen LogP contribution in [0.25, 0.3) is 0 Å². The number of hydrogen-bond donors (Lipinski definition) is 9. The molecule has 35 heavy (non-hydrogen) atoms. The maximum atomic E-state index is 12.8. The van der Waals surface area contributed by atoms with Crippen LogP contribution in [-0.2, 0) is 28.8 Å². The lowest BCUT2D eigenvalue weighted by molar-refractivity contribution is -0.144. The van der Waals surface area contributed by atoms with Crippen molar-refractivity contribution >= 4 is 41.5 Å². The van der Waals surface area contributed by atoms with Crippen LogP contribution in [0.2, 0.25) is 0 Å². The van der Waals surface area contributed by atoms with Gasteiger partial charge in [0.1, 0.15) is 18.1 Å². The fourth-order valence-corrected chi connectivity index (χ4v) is 2.79. The van der Waals surface area contributed by atoms with Crippen LogP contribution in [-0.4, -0.2) is 77.3 Å². The number of carbonyl (C=O) groups excluding carboxylic acids is 5. The first-order valence-corrected chi connectivity index (χ1v) is 10.7. The van der Waals surface area contributed by atoms with E-state index in [1.165, 1.54) is 0 Å². The van der Waals surface area contributed by atoms with Crippen molar-refractivity contribution < 1.29 is 33.9 Å². The van der Waals surface area contributed by atoms with Crippen molar-refractivity contribution in [1.82, 2.24) is 16.0 Å². The Labute approximate surface area is 201 Å². The fraction of sp³-hybridized carbons (Fsp3) is 0.632. The number of guanidine groups is 1. The minimum Gasteiger partial charge on any atom is -0.480 e. The number of aliphatic carboxylic acids is 1. The predicted octanol–water partition coefficient (Wildman–Crippen LogP) is -4.69. The highest BCUT2D eigenvalue weighted by Gasteiger charge is 2.32. The zero-order valence-corrected chi connectivity index (χ0v) is 19.7. The molecule has 4 unspecified atom stereocenters. The van der Waals surface area contributed by atoms with E-state index >= 15 is 0 Å². The van der Waals surface area contributed by atoms with Crippen molar-refractivity contribution in [2.45, 2.75) is 63.7 Å². The maximum Gasteiger partial charge on any atom is 0.326 e. The van der Waals surface area contributed by atoms with Gasteiger partial charge in [0, 0.05) is 6.54 Å². The lowest BCUT2D eigenvalue weighted by atomic mass is 10.0. The summed E-state index contributed by atoms with van der Waals surface area (Å²) in [5.41, 5.74) is 26.4. The Morgan fingerprint density at radius 3 is 1.77 bits per heavy atom. The van der Waals surface area contributed by atoms with E-state index in [0.29, 0.717) is 6.42 Å². The third kappa shape index (κ3) is 12.8. The third-order valence-electron chi connectivity index (χ3n) is 4.61. The quantitative estimate of drug-likeness (QED) is 0.0552. The van der Waals surface area contributed by atoms with Crippen LogP contribution in [0, 0.1) is 5.92 Å². The molecule has 0 radical (unpaired) electrons. The molecule has 0 aliphatic heterocycles. The number of carboxylic acids is 1. The van der Waals surface area contributed by atoms with Crippen molar-refractivity contribution in [3.8, 4) is 0 Å². The number of nitrogens with zero attached hydrogens (tertiary/aromatic N) is 1. The molecular formula is C19H35N9O7. The van der Waals surface area contributed by atoms with Gasteiger partial charge in [0.15, 0.2) is 5.96 Å². The van der Waals surface area contributed by atoms with Crippen LogP contribution >= 0.6 is 0 Å². The summed E-state index contributed by atoms with van der Waals surface area (Å²) in [5.74, 6) is -6.66. The molecule has 0 aromatic carbocycles. The maximum absolute atomic E-state index is 12.8. The van der Waals surface area contributed by atoms with Crippen LogP contribution in [0.15, 0.2) is 4.99 Å². The Morgan fingerprint density at radius 1 is 0.800 bits per heavy atom. The second kappa shape index (κ2) is 15.0. The highest BCUT2D eigenvalue weighted by atomic mass is 16.4. The fourth-order valence-electron chi connectivity index (χ4n) is 2.79. The number of nitrogens with two attached hydrogens (primary N) is 5. The molecule has 0 bridgehead atoms. The SMILES string of the molecule is CC(C)C(NC(=O)C(N)CCCN=C(N)N)C(=O)NC(CC(N)=O)C(=O)NC(CC(N)=O)C(=O)O. The topological polar surface area (TPSA) is 301 Å². The number of hydrogen-bond acceptors (Lipinski definition) is 8. The normalized spacial score (nSPS) is 14.1. The molecule has 5 amide bonds. The van der Waals surface area contributed by atoms with Crippen molar-refractivity contribution in [1.29, 1.82) is 0 Å². The van der Waals surface area contributed by atoms with Crippen LogP contribution < -0.4 is 44.6 Å². The summed E-state index contributed by atoms with van der Waals surface area (Å²) in [6, 6.07) is -5.41. The van der Waals surface area contributed by atoms with E-state index in [9.17, 15) is 28.8 Å². The van der Waals surface area contributed by atoms with Gasteiger partial charge in [0.05, 0.1) is 18.9 Å². The molecule has 0 fully saturated rings. The van der Waals surface area contributed by atoms with E-state index in [-0.39, 0.29) is 18.9 Å². The van der Waals surface area contributed by atoms with Crippen LogP contribution in [0.4, 0.5) is 0 Å². The minimum atomic E-state index is -1.69. The van der Waals surface area contributed by atoms with Gasteiger partial charge in [-0.25, -0.2) is 4.79 Å². The van der Waals surface area contributed by atoms with Gasteiger partial charge in [-0.05, 0) is 18.8 Å². The second-order valence-electron chi connectivity index (χ2n) is 8.09.